The molecule has 0 aliphatic carbocycles. The second-order valence-corrected chi connectivity index (χ2v) is 9.11. The van der Waals surface area contributed by atoms with E-state index < -0.39 is 6.10 Å². The van der Waals surface area contributed by atoms with Gasteiger partial charge in [0.25, 0.3) is 0 Å². The SMILES string of the molecule is O=C1C[C@H]2C[C@H]3c4[nH]c5ccccc5c4CCN3C(=O)[C@H]2[C@H](COCc2ccccc2)O1. The second kappa shape index (κ2) is 7.78. The highest BCUT2D eigenvalue weighted by Crippen LogP contribution is 2.47. The van der Waals surface area contributed by atoms with Crippen LogP contribution in [-0.2, 0) is 32.1 Å². The summed E-state index contributed by atoms with van der Waals surface area (Å²) in [5.74, 6) is -0.483. The molecule has 6 heteroatoms. The molecule has 164 valence electrons. The van der Waals surface area contributed by atoms with Crippen molar-refractivity contribution in [2.75, 3.05) is 13.2 Å². The van der Waals surface area contributed by atoms with Gasteiger partial charge < -0.3 is 19.4 Å². The van der Waals surface area contributed by atoms with Crippen LogP contribution in [0.15, 0.2) is 54.6 Å². The number of nitrogens with zero attached hydrogens (tertiary/aromatic N) is 1. The molecule has 6 nitrogen and oxygen atoms in total. The quantitative estimate of drug-likeness (QED) is 0.640. The third kappa shape index (κ3) is 3.21. The van der Waals surface area contributed by atoms with E-state index in [1.54, 1.807) is 0 Å². The number of nitrogens with one attached hydrogen (secondary N) is 1. The number of amides is 1. The molecule has 0 saturated carbocycles. The first-order chi connectivity index (χ1) is 15.7. The van der Waals surface area contributed by atoms with Gasteiger partial charge >= 0.3 is 5.97 Å². The number of rotatable bonds is 4. The van der Waals surface area contributed by atoms with Gasteiger partial charge in [0.15, 0.2) is 0 Å². The Labute approximate surface area is 186 Å². The number of piperidine rings is 1. The highest BCUT2D eigenvalue weighted by atomic mass is 16.6. The van der Waals surface area contributed by atoms with Crippen LogP contribution >= 0.6 is 0 Å². The number of carbonyl (C=O) groups excluding carboxylic acids is 2. The lowest BCUT2D eigenvalue weighted by Gasteiger charge is -2.49. The van der Waals surface area contributed by atoms with E-state index in [-0.39, 0.29) is 36.4 Å². The third-order valence-corrected chi connectivity index (χ3v) is 7.27. The van der Waals surface area contributed by atoms with E-state index in [1.807, 2.05) is 41.3 Å². The molecule has 2 fully saturated rings. The molecule has 0 spiro atoms. The maximum absolute atomic E-state index is 13.6. The number of aromatic nitrogens is 1. The highest BCUT2D eigenvalue weighted by Gasteiger charge is 2.52. The van der Waals surface area contributed by atoms with Gasteiger partial charge in [-0.05, 0) is 36.0 Å². The fraction of sp³-hybridized carbons (Fsp3) is 0.385. The van der Waals surface area contributed by atoms with Crippen molar-refractivity contribution >= 4 is 22.8 Å². The van der Waals surface area contributed by atoms with Gasteiger partial charge in [-0.25, -0.2) is 0 Å². The van der Waals surface area contributed by atoms with Gasteiger partial charge in [0.2, 0.25) is 5.91 Å². The van der Waals surface area contributed by atoms with E-state index in [0.717, 1.165) is 29.6 Å². The summed E-state index contributed by atoms with van der Waals surface area (Å²) < 4.78 is 11.5. The highest BCUT2D eigenvalue weighted by molar-refractivity contribution is 5.88. The summed E-state index contributed by atoms with van der Waals surface area (Å²) in [6.45, 7) is 1.38. The van der Waals surface area contributed by atoms with Crippen molar-refractivity contribution in [2.24, 2.45) is 11.8 Å². The van der Waals surface area contributed by atoms with Crippen LogP contribution in [0.2, 0.25) is 0 Å². The van der Waals surface area contributed by atoms with Crippen LogP contribution in [0.3, 0.4) is 0 Å². The molecule has 1 aromatic heterocycles. The maximum atomic E-state index is 13.6. The summed E-state index contributed by atoms with van der Waals surface area (Å²) in [4.78, 5) is 31.6. The third-order valence-electron chi connectivity index (χ3n) is 7.27. The molecule has 32 heavy (non-hydrogen) atoms. The first kappa shape index (κ1) is 19.6. The second-order valence-electron chi connectivity index (χ2n) is 9.11. The zero-order valence-electron chi connectivity index (χ0n) is 17.8. The number of esters is 1. The van der Waals surface area contributed by atoms with Gasteiger partial charge in [0, 0.05) is 29.6 Å². The minimum atomic E-state index is -0.525. The fourth-order valence-corrected chi connectivity index (χ4v) is 5.84. The van der Waals surface area contributed by atoms with Crippen LogP contribution in [0.5, 0.6) is 0 Å². The van der Waals surface area contributed by atoms with Crippen LogP contribution in [0.4, 0.5) is 0 Å². The summed E-state index contributed by atoms with van der Waals surface area (Å²) in [5.41, 5.74) is 4.63. The van der Waals surface area contributed by atoms with Gasteiger partial charge in [-0.1, -0.05) is 48.5 Å². The van der Waals surface area contributed by atoms with Crippen molar-refractivity contribution < 1.29 is 19.1 Å². The molecular formula is C26H26N2O4. The largest absolute Gasteiger partial charge is 0.459 e. The van der Waals surface area contributed by atoms with E-state index in [1.165, 1.54) is 10.9 Å². The fourth-order valence-electron chi connectivity index (χ4n) is 5.84. The molecule has 2 saturated heterocycles. The average molecular weight is 431 g/mol. The van der Waals surface area contributed by atoms with E-state index >= 15 is 0 Å². The molecule has 0 bridgehead atoms. The molecule has 1 amide bonds. The molecule has 4 atom stereocenters. The van der Waals surface area contributed by atoms with Crippen LogP contribution in [-0.4, -0.2) is 41.0 Å². The van der Waals surface area contributed by atoms with Crippen LogP contribution in [0.25, 0.3) is 10.9 Å². The summed E-state index contributed by atoms with van der Waals surface area (Å²) >= 11 is 0. The normalized spacial score (nSPS) is 26.9. The first-order valence-electron chi connectivity index (χ1n) is 11.4. The van der Waals surface area contributed by atoms with Crippen molar-refractivity contribution in [1.29, 1.82) is 0 Å². The Hall–Kier alpha value is -3.12. The van der Waals surface area contributed by atoms with E-state index in [4.69, 9.17) is 9.47 Å². The number of aromatic amines is 1. The van der Waals surface area contributed by atoms with Crippen molar-refractivity contribution in [2.45, 2.75) is 38.0 Å². The summed E-state index contributed by atoms with van der Waals surface area (Å²) in [7, 11) is 0. The molecular weight excluding hydrogens is 404 g/mol. The minimum Gasteiger partial charge on any atom is -0.459 e. The molecule has 3 aliphatic heterocycles. The number of carbonyl (C=O) groups is 2. The topological polar surface area (TPSA) is 71.6 Å². The molecule has 6 rings (SSSR count). The van der Waals surface area contributed by atoms with Crippen LogP contribution in [0.1, 0.15) is 35.7 Å². The van der Waals surface area contributed by atoms with E-state index in [0.29, 0.717) is 19.6 Å². The standard InChI is InChI=1S/C26H26N2O4/c29-23-13-17-12-21-25-19(18-8-4-5-9-20(18)27-25)10-11-28(21)26(30)24(17)22(32-23)15-31-14-16-6-2-1-3-7-16/h1-9,17,21-22,24,27H,10-15H2/t17-,21+,22+,24-/m1/s1. The minimum absolute atomic E-state index is 0.00307. The number of H-pyrrole nitrogens is 1. The van der Waals surface area contributed by atoms with Gasteiger partial charge in [-0.3, -0.25) is 9.59 Å². The Morgan fingerprint density at radius 3 is 2.75 bits per heavy atom. The molecule has 0 radical (unpaired) electrons. The van der Waals surface area contributed by atoms with Crippen LogP contribution in [0, 0.1) is 11.8 Å². The Kier molecular flexibility index (Phi) is 4.76. The Bertz CT molecular complexity index is 1170. The predicted octanol–water partition coefficient (Wildman–Crippen LogP) is 3.76. The molecule has 4 heterocycles. The van der Waals surface area contributed by atoms with Crippen molar-refractivity contribution in [3.05, 3.63) is 71.4 Å². The van der Waals surface area contributed by atoms with Gasteiger partial charge in [0.1, 0.15) is 6.10 Å². The van der Waals surface area contributed by atoms with E-state index in [2.05, 4.69) is 23.2 Å². The lowest BCUT2D eigenvalue weighted by Crippen LogP contribution is -2.57. The molecule has 2 aromatic carbocycles. The summed E-state index contributed by atoms with van der Waals surface area (Å²) in [6.07, 6.45) is 1.39. The smallest absolute Gasteiger partial charge is 0.306 e. The molecule has 0 unspecified atom stereocenters. The monoisotopic (exact) mass is 430 g/mol. The molecule has 3 aromatic rings. The number of hydrogen-bond acceptors (Lipinski definition) is 4. The summed E-state index contributed by atoms with van der Waals surface area (Å²) in [6, 6.07) is 18.2. The van der Waals surface area contributed by atoms with Crippen molar-refractivity contribution in [1.82, 2.24) is 9.88 Å². The maximum Gasteiger partial charge on any atom is 0.306 e. The average Bonchev–Trinajstić information content (AvgIpc) is 3.19. The van der Waals surface area contributed by atoms with Crippen molar-refractivity contribution in [3.63, 3.8) is 0 Å². The zero-order valence-corrected chi connectivity index (χ0v) is 17.8. The number of benzene rings is 2. The first-order valence-corrected chi connectivity index (χ1v) is 11.4. The Morgan fingerprint density at radius 1 is 1.06 bits per heavy atom. The predicted molar refractivity (Wildman–Crippen MR) is 119 cm³/mol. The number of ether oxygens (including phenoxy) is 2. The lowest BCUT2D eigenvalue weighted by molar-refractivity contribution is -0.182. The van der Waals surface area contributed by atoms with E-state index in [9.17, 15) is 9.59 Å². The molecule has 3 aliphatic rings. The number of hydrogen-bond donors (Lipinski definition) is 1. The Balaban J connectivity index is 1.24. The number of para-hydroxylation sites is 1. The number of fused-ring (bicyclic) bond motifs is 6. The Morgan fingerprint density at radius 2 is 1.88 bits per heavy atom. The van der Waals surface area contributed by atoms with Gasteiger partial charge in [0.05, 0.1) is 25.2 Å². The van der Waals surface area contributed by atoms with Crippen molar-refractivity contribution in [3.8, 4) is 0 Å². The number of cyclic esters (lactones) is 1. The van der Waals surface area contributed by atoms with Crippen LogP contribution < -0.4 is 0 Å². The summed E-state index contributed by atoms with van der Waals surface area (Å²) in [5, 5.41) is 1.24. The van der Waals surface area contributed by atoms with Gasteiger partial charge in [-0.2, -0.15) is 0 Å². The van der Waals surface area contributed by atoms with Gasteiger partial charge in [-0.15, -0.1) is 0 Å². The molecule has 1 N–H and O–H groups in total. The lowest BCUT2D eigenvalue weighted by atomic mass is 9.73. The zero-order chi connectivity index (χ0) is 21.7.